The van der Waals surface area contributed by atoms with E-state index < -0.39 is 17.5 Å². The highest BCUT2D eigenvalue weighted by Gasteiger charge is 2.10. The maximum atomic E-state index is 13.2. The Kier molecular flexibility index (Phi) is 5.43. The van der Waals surface area contributed by atoms with Crippen LogP contribution >= 0.6 is 11.6 Å². The summed E-state index contributed by atoms with van der Waals surface area (Å²) >= 11 is 6.10. The van der Waals surface area contributed by atoms with Gasteiger partial charge < -0.3 is 10.6 Å². The number of halogens is 3. The van der Waals surface area contributed by atoms with Crippen LogP contribution in [0.3, 0.4) is 0 Å². The van der Waals surface area contributed by atoms with Gasteiger partial charge in [0.1, 0.15) is 5.69 Å². The zero-order chi connectivity index (χ0) is 18.5. The molecule has 0 radical (unpaired) electrons. The van der Waals surface area contributed by atoms with Crippen molar-refractivity contribution in [2.75, 3.05) is 10.6 Å². The molecular formula is C19H14ClF2N3O. The lowest BCUT2D eigenvalue weighted by Crippen LogP contribution is -2.14. The number of hydrogen-bond acceptors (Lipinski definition) is 3. The summed E-state index contributed by atoms with van der Waals surface area (Å²) in [5.74, 6) is -2.53. The van der Waals surface area contributed by atoms with Gasteiger partial charge in [0.15, 0.2) is 11.6 Å². The van der Waals surface area contributed by atoms with E-state index in [2.05, 4.69) is 15.6 Å². The number of benzene rings is 2. The summed E-state index contributed by atoms with van der Waals surface area (Å²) in [6.45, 7) is 0.516. The van der Waals surface area contributed by atoms with Gasteiger partial charge in [-0.1, -0.05) is 29.8 Å². The number of pyridine rings is 1. The maximum absolute atomic E-state index is 13.2. The van der Waals surface area contributed by atoms with Crippen LogP contribution in [0.2, 0.25) is 5.02 Å². The van der Waals surface area contributed by atoms with Gasteiger partial charge in [-0.2, -0.15) is 0 Å². The minimum atomic E-state index is -1.03. The van der Waals surface area contributed by atoms with E-state index >= 15 is 0 Å². The Morgan fingerprint density at radius 2 is 1.77 bits per heavy atom. The summed E-state index contributed by atoms with van der Waals surface area (Å²) in [7, 11) is 0. The molecule has 0 saturated heterocycles. The third kappa shape index (κ3) is 4.34. The van der Waals surface area contributed by atoms with Crippen molar-refractivity contribution in [2.45, 2.75) is 6.54 Å². The zero-order valence-corrected chi connectivity index (χ0v) is 14.2. The molecule has 3 rings (SSSR count). The Morgan fingerprint density at radius 1 is 1.00 bits per heavy atom. The van der Waals surface area contributed by atoms with Gasteiger partial charge in [-0.25, -0.2) is 13.8 Å². The number of aromatic nitrogens is 1. The van der Waals surface area contributed by atoms with Gasteiger partial charge in [-0.05, 0) is 35.9 Å². The molecule has 1 amide bonds. The molecule has 0 fully saturated rings. The Morgan fingerprint density at radius 3 is 2.46 bits per heavy atom. The van der Waals surface area contributed by atoms with E-state index in [1.807, 2.05) is 24.3 Å². The van der Waals surface area contributed by atoms with Gasteiger partial charge in [-0.3, -0.25) is 4.79 Å². The molecule has 0 atom stereocenters. The molecule has 4 nitrogen and oxygen atoms in total. The third-order valence-electron chi connectivity index (χ3n) is 3.61. The summed E-state index contributed by atoms with van der Waals surface area (Å²) in [6.07, 6.45) is 1.51. The monoisotopic (exact) mass is 373 g/mol. The molecule has 1 aromatic heterocycles. The third-order valence-corrected chi connectivity index (χ3v) is 3.98. The lowest BCUT2D eigenvalue weighted by atomic mass is 10.2. The number of nitrogens with zero attached hydrogens (tertiary/aromatic N) is 1. The van der Waals surface area contributed by atoms with Gasteiger partial charge in [-0.15, -0.1) is 0 Å². The van der Waals surface area contributed by atoms with Crippen LogP contribution in [0.25, 0.3) is 0 Å². The Hall–Kier alpha value is -2.99. The smallest absolute Gasteiger partial charge is 0.274 e. The van der Waals surface area contributed by atoms with Crippen LogP contribution in [0, 0.1) is 11.6 Å². The molecule has 0 aliphatic carbocycles. The zero-order valence-electron chi connectivity index (χ0n) is 13.5. The van der Waals surface area contributed by atoms with E-state index in [-0.39, 0.29) is 11.4 Å². The van der Waals surface area contributed by atoms with E-state index in [0.717, 1.165) is 17.7 Å². The number of hydrogen-bond donors (Lipinski definition) is 2. The lowest BCUT2D eigenvalue weighted by Gasteiger charge is -2.09. The van der Waals surface area contributed by atoms with Gasteiger partial charge in [0.05, 0.1) is 11.9 Å². The molecular weight excluding hydrogens is 360 g/mol. The number of amides is 1. The fourth-order valence-electron chi connectivity index (χ4n) is 2.24. The molecule has 2 aromatic carbocycles. The molecule has 26 heavy (non-hydrogen) atoms. The second-order valence-electron chi connectivity index (χ2n) is 5.46. The molecule has 0 aliphatic rings. The van der Waals surface area contributed by atoms with Crippen LogP contribution in [0.1, 0.15) is 16.1 Å². The second-order valence-corrected chi connectivity index (χ2v) is 5.87. The average molecular weight is 374 g/mol. The van der Waals surface area contributed by atoms with Crippen molar-refractivity contribution >= 4 is 28.9 Å². The summed E-state index contributed by atoms with van der Waals surface area (Å²) in [4.78, 5) is 16.2. The van der Waals surface area contributed by atoms with Gasteiger partial charge in [0.2, 0.25) is 0 Å². The number of carbonyl (C=O) groups excluding carboxylic acids is 1. The van der Waals surface area contributed by atoms with Crippen molar-refractivity contribution in [3.63, 3.8) is 0 Å². The molecule has 0 saturated carbocycles. The Bertz CT molecular complexity index is 932. The van der Waals surface area contributed by atoms with Crippen LogP contribution in [0.4, 0.5) is 20.2 Å². The first kappa shape index (κ1) is 17.8. The van der Waals surface area contributed by atoms with E-state index in [0.29, 0.717) is 17.3 Å². The van der Waals surface area contributed by atoms with Gasteiger partial charge in [0.25, 0.3) is 5.91 Å². The fourth-order valence-corrected chi connectivity index (χ4v) is 2.44. The number of carbonyl (C=O) groups is 1. The highest BCUT2D eigenvalue weighted by molar-refractivity contribution is 6.31. The number of rotatable bonds is 5. The van der Waals surface area contributed by atoms with Crippen molar-refractivity contribution in [1.82, 2.24) is 4.98 Å². The number of anilines is 2. The Balaban J connectivity index is 1.62. The predicted octanol–water partition coefficient (Wildman–Crippen LogP) is 4.88. The van der Waals surface area contributed by atoms with E-state index in [9.17, 15) is 13.6 Å². The standard InChI is InChI=1S/C19H14ClF2N3O/c20-15-4-2-1-3-12(15)10-23-14-6-8-18(24-11-14)19(26)25-13-5-7-16(21)17(22)9-13/h1-9,11,23H,10H2,(H,25,26). The first-order valence-electron chi connectivity index (χ1n) is 7.72. The summed E-state index contributed by atoms with van der Waals surface area (Å²) in [5.41, 5.74) is 1.96. The largest absolute Gasteiger partial charge is 0.380 e. The van der Waals surface area contributed by atoms with E-state index in [4.69, 9.17) is 11.6 Å². The predicted molar refractivity (Wildman–Crippen MR) is 97.3 cm³/mol. The van der Waals surface area contributed by atoms with Crippen molar-refractivity contribution < 1.29 is 13.6 Å². The normalized spacial score (nSPS) is 10.4. The quantitative estimate of drug-likeness (QED) is 0.670. The summed E-state index contributed by atoms with van der Waals surface area (Å²) in [6, 6.07) is 13.8. The molecule has 3 aromatic rings. The molecule has 132 valence electrons. The minimum Gasteiger partial charge on any atom is -0.380 e. The SMILES string of the molecule is O=C(Nc1ccc(F)c(F)c1)c1ccc(NCc2ccccc2Cl)cn1. The van der Waals surface area contributed by atoms with Crippen LogP contribution in [0.15, 0.2) is 60.8 Å². The average Bonchev–Trinajstić information content (AvgIpc) is 2.64. The maximum Gasteiger partial charge on any atom is 0.274 e. The summed E-state index contributed by atoms with van der Waals surface area (Å²) in [5, 5.41) is 6.29. The van der Waals surface area contributed by atoms with Crippen LogP contribution < -0.4 is 10.6 Å². The fraction of sp³-hybridized carbons (Fsp3) is 0.0526. The first-order valence-corrected chi connectivity index (χ1v) is 8.10. The van der Waals surface area contributed by atoms with E-state index in [1.54, 1.807) is 6.07 Å². The molecule has 0 spiro atoms. The Labute approximate surface area is 153 Å². The van der Waals surface area contributed by atoms with Crippen LogP contribution in [-0.2, 0) is 6.54 Å². The molecule has 1 heterocycles. The topological polar surface area (TPSA) is 54.0 Å². The highest BCUT2D eigenvalue weighted by atomic mass is 35.5. The molecule has 0 unspecified atom stereocenters. The van der Waals surface area contributed by atoms with Gasteiger partial charge in [0, 0.05) is 23.3 Å². The lowest BCUT2D eigenvalue weighted by molar-refractivity contribution is 0.102. The summed E-state index contributed by atoms with van der Waals surface area (Å²) < 4.78 is 26.1. The minimum absolute atomic E-state index is 0.150. The van der Waals surface area contributed by atoms with Gasteiger partial charge >= 0.3 is 0 Å². The van der Waals surface area contributed by atoms with Crippen LogP contribution in [-0.4, -0.2) is 10.9 Å². The van der Waals surface area contributed by atoms with E-state index in [1.165, 1.54) is 18.3 Å². The second kappa shape index (κ2) is 7.93. The first-order chi connectivity index (χ1) is 12.5. The van der Waals surface area contributed by atoms with Crippen molar-refractivity contribution in [3.05, 3.63) is 88.7 Å². The van der Waals surface area contributed by atoms with Crippen molar-refractivity contribution in [1.29, 1.82) is 0 Å². The van der Waals surface area contributed by atoms with Crippen molar-refractivity contribution in [2.24, 2.45) is 0 Å². The molecule has 0 bridgehead atoms. The van der Waals surface area contributed by atoms with Crippen LogP contribution in [0.5, 0.6) is 0 Å². The highest BCUT2D eigenvalue weighted by Crippen LogP contribution is 2.17. The molecule has 2 N–H and O–H groups in total. The van der Waals surface area contributed by atoms with Crippen molar-refractivity contribution in [3.8, 4) is 0 Å². The molecule has 0 aliphatic heterocycles. The molecule has 7 heteroatoms. The number of nitrogens with one attached hydrogen (secondary N) is 2.